The van der Waals surface area contributed by atoms with E-state index in [1.54, 1.807) is 0 Å². The predicted molar refractivity (Wildman–Crippen MR) is 64.1 cm³/mol. The van der Waals surface area contributed by atoms with E-state index >= 15 is 0 Å². The summed E-state index contributed by atoms with van der Waals surface area (Å²) in [5, 5.41) is 2.67. The molecular formula is C12H18N2O2. The van der Waals surface area contributed by atoms with Crippen LogP contribution in [0.5, 0.6) is 0 Å². The van der Waals surface area contributed by atoms with Crippen molar-refractivity contribution in [2.75, 3.05) is 25.5 Å². The van der Waals surface area contributed by atoms with E-state index in [1.807, 2.05) is 31.2 Å². The first-order valence-electron chi connectivity index (χ1n) is 5.42. The molecule has 0 atom stereocenters. The Bertz CT molecular complexity index is 340. The molecule has 4 nitrogen and oxygen atoms in total. The Morgan fingerprint density at radius 1 is 1.44 bits per heavy atom. The number of hydrogen-bond donors (Lipinski definition) is 2. The smallest absolute Gasteiger partial charge is 0.245 e. The van der Waals surface area contributed by atoms with Gasteiger partial charge in [-0.1, -0.05) is 18.2 Å². The molecule has 0 saturated carbocycles. The zero-order valence-electron chi connectivity index (χ0n) is 9.53. The zero-order chi connectivity index (χ0) is 11.8. The number of ether oxygens (including phenoxy) is 1. The molecule has 0 fully saturated rings. The first-order chi connectivity index (χ1) is 7.74. The molecule has 1 rings (SSSR count). The molecule has 0 bridgehead atoms. The van der Waals surface area contributed by atoms with Crippen molar-refractivity contribution in [3.63, 3.8) is 0 Å². The Hall–Kier alpha value is -1.55. The lowest BCUT2D eigenvalue weighted by Gasteiger charge is -2.06. The van der Waals surface area contributed by atoms with E-state index in [4.69, 9.17) is 10.5 Å². The standard InChI is InChI=1S/C12H18N2O2/c1-2-14-12(15)9-16-8-7-10-5-3-4-6-11(10)13/h3-6H,2,7-9,13H2,1H3,(H,14,15). The highest BCUT2D eigenvalue weighted by molar-refractivity contribution is 5.77. The van der Waals surface area contributed by atoms with Crippen LogP contribution in [0.3, 0.4) is 0 Å². The minimum atomic E-state index is -0.0801. The van der Waals surface area contributed by atoms with Crippen LogP contribution in [0, 0.1) is 0 Å². The number of para-hydroxylation sites is 1. The first kappa shape index (κ1) is 12.5. The maximum Gasteiger partial charge on any atom is 0.245 e. The number of nitrogens with one attached hydrogen (secondary N) is 1. The molecule has 3 N–H and O–H groups in total. The summed E-state index contributed by atoms with van der Waals surface area (Å²) in [7, 11) is 0. The van der Waals surface area contributed by atoms with Crippen molar-refractivity contribution in [1.82, 2.24) is 5.32 Å². The molecule has 0 aromatic heterocycles. The van der Waals surface area contributed by atoms with Crippen LogP contribution in [0.15, 0.2) is 24.3 Å². The highest BCUT2D eigenvalue weighted by Gasteiger charge is 2.00. The number of hydrogen-bond acceptors (Lipinski definition) is 3. The van der Waals surface area contributed by atoms with Gasteiger partial charge in [-0.05, 0) is 25.0 Å². The summed E-state index contributed by atoms with van der Waals surface area (Å²) < 4.78 is 5.24. The third-order valence-corrected chi connectivity index (χ3v) is 2.18. The van der Waals surface area contributed by atoms with Gasteiger partial charge >= 0.3 is 0 Å². The van der Waals surface area contributed by atoms with Gasteiger partial charge < -0.3 is 15.8 Å². The molecule has 0 aliphatic rings. The van der Waals surface area contributed by atoms with Crippen LogP contribution in [0.25, 0.3) is 0 Å². The zero-order valence-corrected chi connectivity index (χ0v) is 9.53. The van der Waals surface area contributed by atoms with Crippen LogP contribution < -0.4 is 11.1 Å². The van der Waals surface area contributed by atoms with Crippen LogP contribution in [0.2, 0.25) is 0 Å². The van der Waals surface area contributed by atoms with Gasteiger partial charge in [-0.3, -0.25) is 4.79 Å². The third-order valence-electron chi connectivity index (χ3n) is 2.18. The molecule has 0 radical (unpaired) electrons. The highest BCUT2D eigenvalue weighted by Crippen LogP contribution is 2.10. The number of carbonyl (C=O) groups excluding carboxylic acids is 1. The lowest BCUT2D eigenvalue weighted by atomic mass is 10.1. The van der Waals surface area contributed by atoms with Gasteiger partial charge in [-0.25, -0.2) is 0 Å². The minimum Gasteiger partial charge on any atom is -0.399 e. The van der Waals surface area contributed by atoms with Gasteiger partial charge in [-0.15, -0.1) is 0 Å². The van der Waals surface area contributed by atoms with Gasteiger partial charge in [0.15, 0.2) is 0 Å². The van der Waals surface area contributed by atoms with Crippen molar-refractivity contribution in [3.8, 4) is 0 Å². The summed E-state index contributed by atoms with van der Waals surface area (Å²) in [6.45, 7) is 3.13. The fraction of sp³-hybridized carbons (Fsp3) is 0.417. The van der Waals surface area contributed by atoms with Gasteiger partial charge in [0.25, 0.3) is 0 Å². The van der Waals surface area contributed by atoms with E-state index in [9.17, 15) is 4.79 Å². The minimum absolute atomic E-state index is 0.0801. The predicted octanol–water partition coefficient (Wildman–Crippen LogP) is 0.964. The summed E-state index contributed by atoms with van der Waals surface area (Å²) in [5.41, 5.74) is 7.60. The maximum absolute atomic E-state index is 11.1. The quantitative estimate of drug-likeness (QED) is 0.556. The van der Waals surface area contributed by atoms with Crippen molar-refractivity contribution >= 4 is 11.6 Å². The average Bonchev–Trinajstić information content (AvgIpc) is 2.27. The Balaban J connectivity index is 2.21. The van der Waals surface area contributed by atoms with Crippen molar-refractivity contribution in [2.45, 2.75) is 13.3 Å². The molecule has 0 aliphatic heterocycles. The van der Waals surface area contributed by atoms with Crippen LogP contribution in [0.4, 0.5) is 5.69 Å². The molecule has 0 spiro atoms. The third kappa shape index (κ3) is 4.31. The number of carbonyl (C=O) groups is 1. The molecule has 1 amide bonds. The fourth-order valence-corrected chi connectivity index (χ4v) is 1.36. The van der Waals surface area contributed by atoms with Crippen molar-refractivity contribution in [2.24, 2.45) is 0 Å². The molecule has 1 aromatic carbocycles. The summed E-state index contributed by atoms with van der Waals surface area (Å²) in [4.78, 5) is 11.1. The summed E-state index contributed by atoms with van der Waals surface area (Å²) in [5.74, 6) is -0.0801. The van der Waals surface area contributed by atoms with Gasteiger partial charge in [0.2, 0.25) is 5.91 Å². The molecule has 88 valence electrons. The highest BCUT2D eigenvalue weighted by atomic mass is 16.5. The molecule has 0 aliphatic carbocycles. The van der Waals surface area contributed by atoms with Gasteiger partial charge in [-0.2, -0.15) is 0 Å². The Morgan fingerprint density at radius 3 is 2.88 bits per heavy atom. The van der Waals surface area contributed by atoms with Crippen molar-refractivity contribution in [3.05, 3.63) is 29.8 Å². The number of amides is 1. The van der Waals surface area contributed by atoms with Crippen molar-refractivity contribution < 1.29 is 9.53 Å². The largest absolute Gasteiger partial charge is 0.399 e. The van der Waals surface area contributed by atoms with E-state index in [2.05, 4.69) is 5.32 Å². The first-order valence-corrected chi connectivity index (χ1v) is 5.42. The second-order valence-corrected chi connectivity index (χ2v) is 3.45. The van der Waals surface area contributed by atoms with Crippen LogP contribution in [0.1, 0.15) is 12.5 Å². The Labute approximate surface area is 95.8 Å². The van der Waals surface area contributed by atoms with E-state index in [1.165, 1.54) is 0 Å². The number of anilines is 1. The number of likely N-dealkylation sites (N-methyl/N-ethyl adjacent to an activating group) is 1. The summed E-state index contributed by atoms with van der Waals surface area (Å²) in [6, 6.07) is 7.66. The number of benzene rings is 1. The molecule has 16 heavy (non-hydrogen) atoms. The van der Waals surface area contributed by atoms with Crippen LogP contribution >= 0.6 is 0 Å². The monoisotopic (exact) mass is 222 g/mol. The maximum atomic E-state index is 11.1. The molecule has 0 saturated heterocycles. The van der Waals surface area contributed by atoms with E-state index < -0.39 is 0 Å². The second-order valence-electron chi connectivity index (χ2n) is 3.45. The van der Waals surface area contributed by atoms with E-state index in [0.717, 1.165) is 17.7 Å². The normalized spacial score (nSPS) is 10.1. The second kappa shape index (κ2) is 6.85. The number of nitrogen functional groups attached to an aromatic ring is 1. The van der Waals surface area contributed by atoms with Crippen molar-refractivity contribution in [1.29, 1.82) is 0 Å². The summed E-state index contributed by atoms with van der Waals surface area (Å²) in [6.07, 6.45) is 0.728. The SMILES string of the molecule is CCNC(=O)COCCc1ccccc1N. The van der Waals surface area contributed by atoms with Gasteiger partial charge in [0.05, 0.1) is 6.61 Å². The molecule has 0 heterocycles. The average molecular weight is 222 g/mol. The van der Waals surface area contributed by atoms with E-state index in [-0.39, 0.29) is 12.5 Å². The number of rotatable bonds is 6. The van der Waals surface area contributed by atoms with Crippen LogP contribution in [-0.2, 0) is 16.0 Å². The Morgan fingerprint density at radius 2 is 2.19 bits per heavy atom. The molecule has 0 unspecified atom stereocenters. The lowest BCUT2D eigenvalue weighted by Crippen LogP contribution is -2.27. The van der Waals surface area contributed by atoms with Gasteiger partial charge in [0.1, 0.15) is 6.61 Å². The van der Waals surface area contributed by atoms with E-state index in [0.29, 0.717) is 13.2 Å². The Kier molecular flexibility index (Phi) is 5.36. The topological polar surface area (TPSA) is 64.3 Å². The van der Waals surface area contributed by atoms with Crippen LogP contribution in [-0.4, -0.2) is 25.7 Å². The molecule has 4 heteroatoms. The van der Waals surface area contributed by atoms with Gasteiger partial charge in [0, 0.05) is 12.2 Å². The lowest BCUT2D eigenvalue weighted by molar-refractivity contribution is -0.125. The molecule has 1 aromatic rings. The summed E-state index contributed by atoms with van der Waals surface area (Å²) >= 11 is 0. The molecular weight excluding hydrogens is 204 g/mol. The number of nitrogens with two attached hydrogens (primary N) is 1. The fourth-order valence-electron chi connectivity index (χ4n) is 1.36.